The molecule has 0 fully saturated rings. The normalized spacial score (nSPS) is 9.06. The second-order valence-corrected chi connectivity index (χ2v) is 3.32. The van der Waals surface area contributed by atoms with Crippen LogP contribution in [0.4, 0.5) is 0 Å². The first-order valence-corrected chi connectivity index (χ1v) is 4.84. The van der Waals surface area contributed by atoms with E-state index in [0.29, 0.717) is 0 Å². The molecule has 6 nitrogen and oxygen atoms in total. The number of carbonyl (C=O) groups excluding carboxylic acids is 3. The zero-order chi connectivity index (χ0) is 13.0. The first-order chi connectivity index (χ1) is 7.90. The number of aromatic nitrogens is 1. The van der Waals surface area contributed by atoms with E-state index in [4.69, 9.17) is 21.1 Å². The molecular formula is C10H9Cl2NO5. The summed E-state index contributed by atoms with van der Waals surface area (Å²) in [4.78, 5) is 36.1. The Labute approximate surface area is 114 Å². The minimum Gasteiger partial charge on any atom is -0.423 e. The van der Waals surface area contributed by atoms with Crippen LogP contribution in [0.5, 0.6) is 11.5 Å². The van der Waals surface area contributed by atoms with Gasteiger partial charge in [-0.25, -0.2) is 4.98 Å². The molecule has 0 saturated carbocycles. The van der Waals surface area contributed by atoms with Crippen LogP contribution in [0.3, 0.4) is 0 Å². The summed E-state index contributed by atoms with van der Waals surface area (Å²) in [5, 5.41) is -0.812. The van der Waals surface area contributed by atoms with E-state index in [2.05, 4.69) is 4.98 Å². The Bertz CT molecular complexity index is 489. The third kappa shape index (κ3) is 4.68. The fraction of sp³-hybridized carbons (Fsp3) is 0.200. The average molecular weight is 294 g/mol. The lowest BCUT2D eigenvalue weighted by Crippen LogP contribution is -2.08. The van der Waals surface area contributed by atoms with E-state index in [1.54, 1.807) is 0 Å². The Hall–Kier alpha value is -1.66. The number of nitrogens with zero attached hydrogens (tertiary/aromatic N) is 1. The molecule has 0 unspecified atom stereocenters. The second kappa shape index (κ2) is 6.93. The lowest BCUT2D eigenvalue weighted by molar-refractivity contribution is -0.134. The number of ether oxygens (including phenoxy) is 2. The largest absolute Gasteiger partial charge is 0.423 e. The van der Waals surface area contributed by atoms with Crippen molar-refractivity contribution in [2.45, 2.75) is 13.8 Å². The highest BCUT2D eigenvalue weighted by Crippen LogP contribution is 2.27. The zero-order valence-corrected chi connectivity index (χ0v) is 11.0. The van der Waals surface area contributed by atoms with Crippen LogP contribution in [-0.4, -0.2) is 22.2 Å². The molecule has 0 aliphatic carbocycles. The first kappa shape index (κ1) is 16.3. The van der Waals surface area contributed by atoms with Gasteiger partial charge in [-0.2, -0.15) is 0 Å². The summed E-state index contributed by atoms with van der Waals surface area (Å²) in [5.74, 6) is -1.39. The molecule has 98 valence electrons. The molecule has 1 heterocycles. The molecule has 18 heavy (non-hydrogen) atoms. The highest BCUT2D eigenvalue weighted by atomic mass is 35.5. The van der Waals surface area contributed by atoms with Crippen LogP contribution < -0.4 is 9.47 Å². The SMILES string of the molecule is CC(=O)Oc1cnc(C(=O)Cl)cc1OC(C)=O.Cl. The van der Waals surface area contributed by atoms with Crippen molar-refractivity contribution in [1.82, 2.24) is 4.98 Å². The summed E-state index contributed by atoms with van der Waals surface area (Å²) in [6.45, 7) is 2.35. The van der Waals surface area contributed by atoms with E-state index < -0.39 is 17.2 Å². The summed E-state index contributed by atoms with van der Waals surface area (Å²) in [5.41, 5.74) is -0.112. The Kier molecular flexibility index (Phi) is 6.29. The number of carbonyl (C=O) groups is 3. The molecule has 0 atom stereocenters. The van der Waals surface area contributed by atoms with Crippen molar-refractivity contribution >= 4 is 41.2 Å². The standard InChI is InChI=1S/C10H8ClNO5.ClH/c1-5(13)16-8-3-7(10(11)15)12-4-9(8)17-6(2)14;/h3-4H,1-2H3;1H. The lowest BCUT2D eigenvalue weighted by atomic mass is 10.3. The van der Waals surface area contributed by atoms with Gasteiger partial charge in [-0.15, -0.1) is 12.4 Å². The van der Waals surface area contributed by atoms with Gasteiger partial charge in [0, 0.05) is 19.9 Å². The van der Waals surface area contributed by atoms with Gasteiger partial charge in [0.05, 0.1) is 6.20 Å². The number of esters is 2. The van der Waals surface area contributed by atoms with E-state index in [1.807, 2.05) is 0 Å². The predicted molar refractivity (Wildman–Crippen MR) is 64.3 cm³/mol. The molecule has 8 heteroatoms. The Morgan fingerprint density at radius 1 is 1.11 bits per heavy atom. The van der Waals surface area contributed by atoms with Crippen LogP contribution in [0.25, 0.3) is 0 Å². The van der Waals surface area contributed by atoms with Crippen molar-refractivity contribution in [3.05, 3.63) is 18.0 Å². The van der Waals surface area contributed by atoms with Gasteiger partial charge in [0.15, 0.2) is 11.5 Å². The van der Waals surface area contributed by atoms with Crippen LogP contribution in [0.2, 0.25) is 0 Å². The predicted octanol–water partition coefficient (Wildman–Crippen LogP) is 1.73. The van der Waals surface area contributed by atoms with E-state index >= 15 is 0 Å². The summed E-state index contributed by atoms with van der Waals surface area (Å²) in [6, 6.07) is 1.12. The van der Waals surface area contributed by atoms with Crippen molar-refractivity contribution in [2.24, 2.45) is 0 Å². The molecule has 0 aliphatic heterocycles. The summed E-state index contributed by atoms with van der Waals surface area (Å²) < 4.78 is 9.52. The number of rotatable bonds is 3. The molecule has 0 N–H and O–H groups in total. The Balaban J connectivity index is 0.00000289. The summed E-state index contributed by atoms with van der Waals surface area (Å²) in [7, 11) is 0. The highest BCUT2D eigenvalue weighted by Gasteiger charge is 2.14. The topological polar surface area (TPSA) is 82.6 Å². The quantitative estimate of drug-likeness (QED) is 0.623. The third-order valence-corrected chi connectivity index (χ3v) is 1.73. The van der Waals surface area contributed by atoms with Crippen LogP contribution in [0.1, 0.15) is 24.3 Å². The maximum atomic E-state index is 10.9. The summed E-state index contributed by atoms with van der Waals surface area (Å²) >= 11 is 5.22. The molecule has 0 bridgehead atoms. The third-order valence-electron chi connectivity index (χ3n) is 1.54. The number of hydrogen-bond acceptors (Lipinski definition) is 6. The van der Waals surface area contributed by atoms with E-state index in [9.17, 15) is 14.4 Å². The molecule has 1 aromatic heterocycles. The molecule has 0 saturated heterocycles. The van der Waals surface area contributed by atoms with Crippen LogP contribution in [0.15, 0.2) is 12.3 Å². The second-order valence-electron chi connectivity index (χ2n) is 2.98. The average Bonchev–Trinajstić information content (AvgIpc) is 2.18. The van der Waals surface area contributed by atoms with Gasteiger partial charge in [-0.05, 0) is 11.6 Å². The maximum absolute atomic E-state index is 10.9. The van der Waals surface area contributed by atoms with Crippen molar-refractivity contribution in [3.63, 3.8) is 0 Å². The fourth-order valence-electron chi connectivity index (χ4n) is 0.998. The molecule has 0 spiro atoms. The van der Waals surface area contributed by atoms with Gasteiger partial charge in [0.2, 0.25) is 0 Å². The van der Waals surface area contributed by atoms with Crippen molar-refractivity contribution in [2.75, 3.05) is 0 Å². The van der Waals surface area contributed by atoms with Gasteiger partial charge in [-0.3, -0.25) is 14.4 Å². The van der Waals surface area contributed by atoms with Crippen molar-refractivity contribution in [1.29, 1.82) is 0 Å². The minimum absolute atomic E-state index is 0. The molecule has 1 rings (SSSR count). The van der Waals surface area contributed by atoms with E-state index in [0.717, 1.165) is 12.3 Å². The Morgan fingerprint density at radius 2 is 1.61 bits per heavy atom. The fourth-order valence-corrected chi connectivity index (χ4v) is 1.10. The van der Waals surface area contributed by atoms with Gasteiger partial charge in [-0.1, -0.05) is 0 Å². The first-order valence-electron chi connectivity index (χ1n) is 4.47. The van der Waals surface area contributed by atoms with Gasteiger partial charge < -0.3 is 9.47 Å². The maximum Gasteiger partial charge on any atom is 0.308 e. The smallest absolute Gasteiger partial charge is 0.308 e. The van der Waals surface area contributed by atoms with Gasteiger partial charge >= 0.3 is 11.9 Å². The highest BCUT2D eigenvalue weighted by molar-refractivity contribution is 6.67. The van der Waals surface area contributed by atoms with Crippen molar-refractivity contribution in [3.8, 4) is 11.5 Å². The molecule has 0 aromatic carbocycles. The molecule has 0 radical (unpaired) electrons. The number of hydrogen-bond donors (Lipinski definition) is 0. The Morgan fingerprint density at radius 3 is 2.06 bits per heavy atom. The van der Waals surface area contributed by atoms with Gasteiger partial charge in [0.25, 0.3) is 5.24 Å². The monoisotopic (exact) mass is 293 g/mol. The van der Waals surface area contributed by atoms with Crippen LogP contribution in [-0.2, 0) is 9.59 Å². The minimum atomic E-state index is -0.812. The van der Waals surface area contributed by atoms with Crippen LogP contribution in [0, 0.1) is 0 Å². The molecule has 0 amide bonds. The van der Waals surface area contributed by atoms with Crippen molar-refractivity contribution < 1.29 is 23.9 Å². The molecular weight excluding hydrogens is 285 g/mol. The van der Waals surface area contributed by atoms with Gasteiger partial charge in [0.1, 0.15) is 5.69 Å². The van der Waals surface area contributed by atoms with E-state index in [1.165, 1.54) is 13.8 Å². The number of pyridine rings is 1. The summed E-state index contributed by atoms with van der Waals surface area (Å²) in [6.07, 6.45) is 1.08. The molecule has 0 aliphatic rings. The van der Waals surface area contributed by atoms with E-state index in [-0.39, 0.29) is 29.6 Å². The van der Waals surface area contributed by atoms with Crippen LogP contribution >= 0.6 is 24.0 Å². The molecule has 1 aromatic rings. The zero-order valence-electron chi connectivity index (χ0n) is 9.43. The lowest BCUT2D eigenvalue weighted by Gasteiger charge is -2.08. The number of halogens is 2.